The molecule has 2 aromatic rings. The van der Waals surface area contributed by atoms with E-state index in [-0.39, 0.29) is 29.4 Å². The Kier molecular flexibility index (Phi) is 3.07. The Balaban J connectivity index is 1.67. The van der Waals surface area contributed by atoms with Gasteiger partial charge in [0, 0.05) is 32.0 Å². The van der Waals surface area contributed by atoms with Crippen molar-refractivity contribution in [2.75, 3.05) is 6.54 Å². The summed E-state index contributed by atoms with van der Waals surface area (Å²) in [6.07, 6.45) is 0.858. The molecule has 0 bridgehead atoms. The van der Waals surface area contributed by atoms with E-state index in [0.717, 1.165) is 6.42 Å². The Morgan fingerprint density at radius 3 is 2.65 bits per heavy atom. The Hall–Kier alpha value is -2.50. The molecule has 0 saturated heterocycles. The summed E-state index contributed by atoms with van der Waals surface area (Å²) in [6, 6.07) is 10.1. The van der Waals surface area contributed by atoms with Crippen molar-refractivity contribution in [2.45, 2.75) is 38.4 Å². The second-order valence-electron chi connectivity index (χ2n) is 6.34. The molecular formula is C17H19N3O3. The van der Waals surface area contributed by atoms with Gasteiger partial charge in [0.15, 0.2) is 0 Å². The number of amides is 1. The third-order valence-electron chi connectivity index (χ3n) is 4.94. The number of rotatable bonds is 2. The Labute approximate surface area is 133 Å². The number of aromatic hydroxyl groups is 1. The number of nitrogens with zero attached hydrogens (tertiary/aromatic N) is 3. The lowest BCUT2D eigenvalue weighted by Gasteiger charge is -2.26. The number of carbonyl (C=O) groups is 1. The van der Waals surface area contributed by atoms with Crippen molar-refractivity contribution in [3.05, 3.63) is 52.1 Å². The maximum atomic E-state index is 12.6. The highest BCUT2D eigenvalue weighted by molar-refractivity contribution is 5.73. The third kappa shape index (κ3) is 2.17. The average molecular weight is 313 g/mol. The fourth-order valence-corrected chi connectivity index (χ4v) is 3.56. The molecule has 1 aliphatic heterocycles. The van der Waals surface area contributed by atoms with Crippen LogP contribution in [0.1, 0.15) is 36.6 Å². The van der Waals surface area contributed by atoms with Crippen LogP contribution >= 0.6 is 0 Å². The molecule has 4 rings (SSSR count). The van der Waals surface area contributed by atoms with Crippen LogP contribution in [0.4, 0.5) is 0 Å². The first-order valence-corrected chi connectivity index (χ1v) is 7.91. The fraction of sp³-hybridized carbons (Fsp3) is 0.412. The highest BCUT2D eigenvalue weighted by atomic mass is 16.3. The molecule has 1 amide bonds. The normalized spacial score (nSPS) is 22.7. The zero-order valence-electron chi connectivity index (χ0n) is 13.0. The second kappa shape index (κ2) is 5.01. The monoisotopic (exact) mass is 313 g/mol. The smallest absolute Gasteiger partial charge is 0.331 e. The molecule has 2 atom stereocenters. The summed E-state index contributed by atoms with van der Waals surface area (Å²) in [7, 11) is 0. The summed E-state index contributed by atoms with van der Waals surface area (Å²) in [5.74, 6) is 0.252. The van der Waals surface area contributed by atoms with Crippen LogP contribution in [0.25, 0.3) is 0 Å². The largest absolute Gasteiger partial charge is 0.493 e. The Bertz CT molecular complexity index is 822. The fourth-order valence-electron chi connectivity index (χ4n) is 3.56. The summed E-state index contributed by atoms with van der Waals surface area (Å²) in [5.41, 5.74) is 1.58. The van der Waals surface area contributed by atoms with Crippen molar-refractivity contribution in [3.63, 3.8) is 0 Å². The van der Waals surface area contributed by atoms with E-state index < -0.39 is 0 Å². The minimum atomic E-state index is -0.163. The molecule has 0 unspecified atom stereocenters. The molecule has 6 heteroatoms. The SMILES string of the molecule is CC(=O)N1CCn2c(c(O)n([C@H]3C[C@@H]3c3ccccc3)c2=O)C1. The van der Waals surface area contributed by atoms with Gasteiger partial charge in [0.05, 0.1) is 6.54 Å². The Morgan fingerprint density at radius 2 is 1.96 bits per heavy atom. The molecule has 0 spiro atoms. The van der Waals surface area contributed by atoms with Gasteiger partial charge in [0.2, 0.25) is 11.8 Å². The standard InChI is InChI=1S/C17H19N3O3/c1-11(21)18-7-8-19-15(10-18)16(22)20(17(19)23)14-9-13(14)12-5-3-2-4-6-12/h2-6,13-14,22H,7-10H2,1H3/t13-,14+/m1/s1. The van der Waals surface area contributed by atoms with Crippen LogP contribution in [0.5, 0.6) is 5.88 Å². The number of aromatic nitrogens is 2. The highest BCUT2D eigenvalue weighted by Crippen LogP contribution is 2.52. The number of fused-ring (bicyclic) bond motifs is 1. The van der Waals surface area contributed by atoms with Gasteiger partial charge in [0.25, 0.3) is 0 Å². The molecule has 1 saturated carbocycles. The van der Waals surface area contributed by atoms with Gasteiger partial charge in [-0.05, 0) is 12.0 Å². The minimum Gasteiger partial charge on any atom is -0.493 e. The molecule has 2 aliphatic rings. The predicted octanol–water partition coefficient (Wildman–Crippen LogP) is 1.45. The molecule has 6 nitrogen and oxygen atoms in total. The van der Waals surface area contributed by atoms with Crippen molar-refractivity contribution in [1.29, 1.82) is 0 Å². The van der Waals surface area contributed by atoms with Gasteiger partial charge in [0.1, 0.15) is 5.69 Å². The van der Waals surface area contributed by atoms with E-state index in [0.29, 0.717) is 25.3 Å². The summed E-state index contributed by atoms with van der Waals surface area (Å²) >= 11 is 0. The molecule has 1 aromatic carbocycles. The highest BCUT2D eigenvalue weighted by Gasteiger charge is 2.44. The molecule has 2 heterocycles. The van der Waals surface area contributed by atoms with E-state index in [1.165, 1.54) is 17.1 Å². The van der Waals surface area contributed by atoms with Crippen LogP contribution in [-0.2, 0) is 17.9 Å². The number of benzene rings is 1. The van der Waals surface area contributed by atoms with Crippen molar-refractivity contribution in [3.8, 4) is 5.88 Å². The third-order valence-corrected chi connectivity index (χ3v) is 4.94. The second-order valence-corrected chi connectivity index (χ2v) is 6.34. The van der Waals surface area contributed by atoms with Crippen LogP contribution < -0.4 is 5.69 Å². The van der Waals surface area contributed by atoms with E-state index >= 15 is 0 Å². The number of imidazole rings is 1. The van der Waals surface area contributed by atoms with E-state index in [1.807, 2.05) is 18.2 Å². The minimum absolute atomic E-state index is 0.00813. The lowest BCUT2D eigenvalue weighted by atomic mass is 10.1. The van der Waals surface area contributed by atoms with Gasteiger partial charge in [-0.2, -0.15) is 0 Å². The molecule has 1 aliphatic carbocycles. The molecule has 120 valence electrons. The topological polar surface area (TPSA) is 67.5 Å². The zero-order valence-corrected chi connectivity index (χ0v) is 13.0. The summed E-state index contributed by atoms with van der Waals surface area (Å²) < 4.78 is 3.12. The van der Waals surface area contributed by atoms with Crippen molar-refractivity contribution >= 4 is 5.91 Å². The Morgan fingerprint density at radius 1 is 1.22 bits per heavy atom. The zero-order chi connectivity index (χ0) is 16.1. The summed E-state index contributed by atoms with van der Waals surface area (Å²) in [6.45, 7) is 2.76. The van der Waals surface area contributed by atoms with Crippen LogP contribution in [-0.4, -0.2) is 31.6 Å². The molecular weight excluding hydrogens is 294 g/mol. The van der Waals surface area contributed by atoms with Gasteiger partial charge in [-0.15, -0.1) is 0 Å². The quantitative estimate of drug-likeness (QED) is 0.912. The lowest BCUT2D eigenvalue weighted by molar-refractivity contribution is -0.130. The van der Waals surface area contributed by atoms with Gasteiger partial charge in [-0.1, -0.05) is 30.3 Å². The van der Waals surface area contributed by atoms with Gasteiger partial charge >= 0.3 is 5.69 Å². The molecule has 1 N–H and O–H groups in total. The first-order chi connectivity index (χ1) is 11.1. The van der Waals surface area contributed by atoms with Crippen molar-refractivity contribution in [2.24, 2.45) is 0 Å². The summed E-state index contributed by atoms with van der Waals surface area (Å²) in [4.78, 5) is 25.8. The number of carbonyl (C=O) groups excluding carboxylic acids is 1. The van der Waals surface area contributed by atoms with Gasteiger partial charge < -0.3 is 10.0 Å². The molecule has 1 fully saturated rings. The van der Waals surface area contributed by atoms with E-state index in [2.05, 4.69) is 12.1 Å². The first kappa shape index (κ1) is 14.1. The van der Waals surface area contributed by atoms with Crippen LogP contribution in [0.3, 0.4) is 0 Å². The van der Waals surface area contributed by atoms with Crippen molar-refractivity contribution in [1.82, 2.24) is 14.0 Å². The van der Waals surface area contributed by atoms with Gasteiger partial charge in [-0.3, -0.25) is 13.9 Å². The molecule has 1 aromatic heterocycles. The average Bonchev–Trinajstić information content (AvgIpc) is 3.30. The number of hydrogen-bond donors (Lipinski definition) is 1. The predicted molar refractivity (Wildman–Crippen MR) is 84.3 cm³/mol. The van der Waals surface area contributed by atoms with Crippen LogP contribution in [0, 0.1) is 0 Å². The molecule has 0 radical (unpaired) electrons. The van der Waals surface area contributed by atoms with E-state index in [1.54, 1.807) is 9.47 Å². The maximum Gasteiger partial charge on any atom is 0.331 e. The molecule has 23 heavy (non-hydrogen) atoms. The number of hydrogen-bond acceptors (Lipinski definition) is 3. The van der Waals surface area contributed by atoms with Gasteiger partial charge in [-0.25, -0.2) is 4.79 Å². The lowest BCUT2D eigenvalue weighted by Crippen LogP contribution is -2.39. The summed E-state index contributed by atoms with van der Waals surface area (Å²) in [5, 5.41) is 10.5. The van der Waals surface area contributed by atoms with E-state index in [9.17, 15) is 14.7 Å². The van der Waals surface area contributed by atoms with Crippen molar-refractivity contribution < 1.29 is 9.90 Å². The maximum absolute atomic E-state index is 12.6. The first-order valence-electron chi connectivity index (χ1n) is 7.91. The van der Waals surface area contributed by atoms with Crippen LogP contribution in [0.15, 0.2) is 35.1 Å². The van der Waals surface area contributed by atoms with E-state index in [4.69, 9.17) is 0 Å². The van der Waals surface area contributed by atoms with Crippen LogP contribution in [0.2, 0.25) is 0 Å².